The Labute approximate surface area is 141 Å². The second-order valence-electron chi connectivity index (χ2n) is 5.75. The van der Waals surface area contributed by atoms with Gasteiger partial charge in [-0.05, 0) is 50.5 Å². The Hall–Kier alpha value is -2.63. The summed E-state index contributed by atoms with van der Waals surface area (Å²) in [6.45, 7) is 4.24. The van der Waals surface area contributed by atoms with Gasteiger partial charge in [0.2, 0.25) is 0 Å². The number of hydrogen-bond acceptors (Lipinski definition) is 5. The van der Waals surface area contributed by atoms with Crippen molar-refractivity contribution in [1.82, 2.24) is 10.2 Å². The molecule has 0 aliphatic carbocycles. The molecule has 126 valence electrons. The van der Waals surface area contributed by atoms with E-state index in [9.17, 15) is 4.79 Å². The van der Waals surface area contributed by atoms with Gasteiger partial charge in [0.05, 0.1) is 12.3 Å². The molecule has 1 amide bonds. The first-order valence-corrected chi connectivity index (χ1v) is 8.39. The fourth-order valence-electron chi connectivity index (χ4n) is 2.78. The van der Waals surface area contributed by atoms with Crippen LogP contribution in [0.4, 0.5) is 16.3 Å². The number of rotatable bonds is 4. The van der Waals surface area contributed by atoms with Gasteiger partial charge >= 0.3 is 6.09 Å². The Kier molecular flexibility index (Phi) is 5.25. The molecular weight excluding hydrogens is 304 g/mol. The first-order valence-electron chi connectivity index (χ1n) is 8.39. The first-order chi connectivity index (χ1) is 11.8. The fourth-order valence-corrected chi connectivity index (χ4v) is 2.78. The van der Waals surface area contributed by atoms with E-state index in [0.29, 0.717) is 12.3 Å². The molecule has 0 saturated carbocycles. The van der Waals surface area contributed by atoms with Crippen molar-refractivity contribution in [1.29, 1.82) is 0 Å². The minimum atomic E-state index is -0.448. The Balaban J connectivity index is 1.66. The number of carbonyl (C=O) groups excluding carboxylic acids is 1. The number of carbonyl (C=O) groups is 1. The molecule has 0 spiro atoms. The highest BCUT2D eigenvalue weighted by Gasteiger charge is 2.12. The quantitative estimate of drug-likeness (QED) is 0.928. The van der Waals surface area contributed by atoms with Gasteiger partial charge in [-0.15, -0.1) is 10.2 Å². The second-order valence-corrected chi connectivity index (χ2v) is 5.75. The lowest BCUT2D eigenvalue weighted by Gasteiger charge is -2.27. The number of anilines is 2. The molecule has 6 nitrogen and oxygen atoms in total. The third-order valence-electron chi connectivity index (χ3n) is 4.03. The van der Waals surface area contributed by atoms with Crippen LogP contribution in [0.5, 0.6) is 0 Å². The molecule has 0 atom stereocenters. The topological polar surface area (TPSA) is 67.3 Å². The van der Waals surface area contributed by atoms with E-state index in [1.165, 1.54) is 19.3 Å². The lowest BCUT2D eigenvalue weighted by Crippen LogP contribution is -2.30. The molecule has 1 N–H and O–H groups in total. The molecule has 3 rings (SSSR count). The van der Waals surface area contributed by atoms with Gasteiger partial charge in [-0.2, -0.15) is 0 Å². The lowest BCUT2D eigenvalue weighted by atomic mass is 10.1. The van der Waals surface area contributed by atoms with Crippen molar-refractivity contribution < 1.29 is 9.53 Å². The summed E-state index contributed by atoms with van der Waals surface area (Å²) >= 11 is 0. The molecule has 2 aromatic rings. The van der Waals surface area contributed by atoms with Gasteiger partial charge in [-0.1, -0.05) is 12.1 Å². The number of benzene rings is 1. The summed E-state index contributed by atoms with van der Waals surface area (Å²) in [4.78, 5) is 13.7. The molecule has 0 unspecified atom stereocenters. The summed E-state index contributed by atoms with van der Waals surface area (Å²) in [5.41, 5.74) is 2.47. The number of nitrogens with zero attached hydrogens (tertiary/aromatic N) is 3. The van der Waals surface area contributed by atoms with Gasteiger partial charge in [0, 0.05) is 24.3 Å². The normalized spacial score (nSPS) is 14.3. The number of aromatic nitrogens is 2. The van der Waals surface area contributed by atoms with E-state index in [2.05, 4.69) is 20.4 Å². The van der Waals surface area contributed by atoms with E-state index in [4.69, 9.17) is 4.74 Å². The average Bonchev–Trinajstić information content (AvgIpc) is 2.63. The molecule has 2 heterocycles. The highest BCUT2D eigenvalue weighted by Crippen LogP contribution is 2.22. The van der Waals surface area contributed by atoms with Crippen LogP contribution in [0.1, 0.15) is 26.2 Å². The van der Waals surface area contributed by atoms with E-state index in [1.807, 2.05) is 36.4 Å². The molecule has 1 aliphatic rings. The van der Waals surface area contributed by atoms with Gasteiger partial charge in [-0.25, -0.2) is 4.79 Å². The highest BCUT2D eigenvalue weighted by atomic mass is 16.5. The summed E-state index contributed by atoms with van der Waals surface area (Å²) in [5.74, 6) is 0.944. The maximum Gasteiger partial charge on any atom is 0.411 e. The number of piperidine rings is 1. The molecule has 1 aromatic heterocycles. The van der Waals surface area contributed by atoms with Crippen LogP contribution >= 0.6 is 0 Å². The standard InChI is InChI=1S/C18H22N4O2/c1-2-24-18(23)19-15-8-6-14(7-9-15)16-10-11-17(21-20-16)22-12-4-3-5-13-22/h6-11H,2-5,12-13H2,1H3,(H,19,23). The molecule has 0 bridgehead atoms. The van der Waals surface area contributed by atoms with Gasteiger partial charge in [0.15, 0.2) is 5.82 Å². The number of hydrogen-bond donors (Lipinski definition) is 1. The number of nitrogens with one attached hydrogen (secondary N) is 1. The molecule has 6 heteroatoms. The minimum Gasteiger partial charge on any atom is -0.450 e. The van der Waals surface area contributed by atoms with E-state index in [0.717, 1.165) is 30.2 Å². The molecular formula is C18H22N4O2. The van der Waals surface area contributed by atoms with E-state index < -0.39 is 6.09 Å². The summed E-state index contributed by atoms with van der Waals surface area (Å²) in [7, 11) is 0. The SMILES string of the molecule is CCOC(=O)Nc1ccc(-c2ccc(N3CCCCC3)nn2)cc1. The summed E-state index contributed by atoms with van der Waals surface area (Å²) in [6.07, 6.45) is 3.29. The monoisotopic (exact) mass is 326 g/mol. The molecule has 24 heavy (non-hydrogen) atoms. The fraction of sp³-hybridized carbons (Fsp3) is 0.389. The largest absolute Gasteiger partial charge is 0.450 e. The van der Waals surface area contributed by atoms with Crippen LogP contribution in [0, 0.1) is 0 Å². The number of ether oxygens (including phenoxy) is 1. The van der Waals surface area contributed by atoms with Crippen LogP contribution in [0.15, 0.2) is 36.4 Å². The van der Waals surface area contributed by atoms with Crippen LogP contribution in [0.3, 0.4) is 0 Å². The predicted molar refractivity (Wildman–Crippen MR) is 94.2 cm³/mol. The highest BCUT2D eigenvalue weighted by molar-refractivity contribution is 5.85. The Morgan fingerprint density at radius 3 is 2.46 bits per heavy atom. The van der Waals surface area contributed by atoms with Crippen molar-refractivity contribution in [3.8, 4) is 11.3 Å². The van der Waals surface area contributed by atoms with Crippen molar-refractivity contribution in [2.45, 2.75) is 26.2 Å². The molecule has 1 aliphatic heterocycles. The van der Waals surface area contributed by atoms with Crippen LogP contribution in [0.2, 0.25) is 0 Å². The van der Waals surface area contributed by atoms with Crippen molar-refractivity contribution in [3.63, 3.8) is 0 Å². The third kappa shape index (κ3) is 4.01. The maximum atomic E-state index is 11.4. The average molecular weight is 326 g/mol. The zero-order valence-corrected chi connectivity index (χ0v) is 13.9. The van der Waals surface area contributed by atoms with Gasteiger partial charge in [0.1, 0.15) is 0 Å². The van der Waals surface area contributed by atoms with Crippen molar-refractivity contribution in [3.05, 3.63) is 36.4 Å². The van der Waals surface area contributed by atoms with Gasteiger partial charge in [-0.3, -0.25) is 5.32 Å². The Morgan fingerprint density at radius 2 is 1.83 bits per heavy atom. The molecule has 0 radical (unpaired) electrons. The zero-order chi connectivity index (χ0) is 16.8. The number of amides is 1. The summed E-state index contributed by atoms with van der Waals surface area (Å²) in [6, 6.07) is 11.5. The van der Waals surface area contributed by atoms with Crippen molar-refractivity contribution in [2.24, 2.45) is 0 Å². The Morgan fingerprint density at radius 1 is 1.08 bits per heavy atom. The third-order valence-corrected chi connectivity index (χ3v) is 4.03. The second kappa shape index (κ2) is 7.77. The summed E-state index contributed by atoms with van der Waals surface area (Å²) in [5, 5.41) is 11.4. The molecule has 1 aromatic carbocycles. The predicted octanol–water partition coefficient (Wildman–Crippen LogP) is 3.70. The molecule has 1 saturated heterocycles. The van der Waals surface area contributed by atoms with E-state index >= 15 is 0 Å². The van der Waals surface area contributed by atoms with Crippen LogP contribution in [0.25, 0.3) is 11.3 Å². The van der Waals surface area contributed by atoms with Gasteiger partial charge in [0.25, 0.3) is 0 Å². The minimum absolute atomic E-state index is 0.350. The van der Waals surface area contributed by atoms with E-state index in [-0.39, 0.29) is 0 Å². The van der Waals surface area contributed by atoms with Gasteiger partial charge < -0.3 is 9.64 Å². The van der Waals surface area contributed by atoms with Crippen LogP contribution in [-0.4, -0.2) is 36.0 Å². The zero-order valence-electron chi connectivity index (χ0n) is 13.9. The summed E-state index contributed by atoms with van der Waals surface area (Å²) < 4.78 is 4.85. The smallest absolute Gasteiger partial charge is 0.411 e. The van der Waals surface area contributed by atoms with Crippen LogP contribution < -0.4 is 10.2 Å². The lowest BCUT2D eigenvalue weighted by molar-refractivity contribution is 0.168. The Bertz CT molecular complexity index is 664. The van der Waals surface area contributed by atoms with Crippen molar-refractivity contribution in [2.75, 3.05) is 29.9 Å². The maximum absolute atomic E-state index is 11.4. The molecule has 1 fully saturated rings. The van der Waals surface area contributed by atoms with E-state index in [1.54, 1.807) is 6.92 Å². The first kappa shape index (κ1) is 16.2. The van der Waals surface area contributed by atoms with Crippen LogP contribution in [-0.2, 0) is 4.74 Å². The van der Waals surface area contributed by atoms with Crippen molar-refractivity contribution >= 4 is 17.6 Å².